The number of hydrogen-bond acceptors (Lipinski definition) is 4. The van der Waals surface area contributed by atoms with E-state index in [1.807, 2.05) is 32.1 Å². The van der Waals surface area contributed by atoms with Crippen molar-refractivity contribution in [2.24, 2.45) is 0 Å². The van der Waals surface area contributed by atoms with Crippen molar-refractivity contribution in [3.8, 4) is 5.75 Å². The summed E-state index contributed by atoms with van der Waals surface area (Å²) in [6.45, 7) is 4.56. The summed E-state index contributed by atoms with van der Waals surface area (Å²) in [6, 6.07) is 11.0. The van der Waals surface area contributed by atoms with Crippen LogP contribution in [0.1, 0.15) is 30.6 Å². The third-order valence-electron chi connectivity index (χ3n) is 4.60. The molecule has 5 nitrogen and oxygen atoms in total. The van der Waals surface area contributed by atoms with Gasteiger partial charge in [-0.1, -0.05) is 32.1 Å². The van der Waals surface area contributed by atoms with E-state index < -0.39 is 0 Å². The van der Waals surface area contributed by atoms with Crippen LogP contribution in [0, 0.1) is 5.82 Å². The molecule has 1 unspecified atom stereocenters. The number of rotatable bonds is 5. The lowest BCUT2D eigenvalue weighted by molar-refractivity contribution is -0.112. The molecule has 2 aromatic rings. The van der Waals surface area contributed by atoms with E-state index >= 15 is 0 Å². The topological polar surface area (TPSA) is 67.4 Å². The number of hydrogen-bond donors (Lipinski definition) is 2. The molecule has 0 saturated carbocycles. The van der Waals surface area contributed by atoms with Crippen molar-refractivity contribution in [1.29, 1.82) is 0 Å². The lowest BCUT2D eigenvalue weighted by Gasteiger charge is -2.16. The van der Waals surface area contributed by atoms with Gasteiger partial charge in [0.1, 0.15) is 18.2 Å². The Hall–Kier alpha value is -3.06. The van der Waals surface area contributed by atoms with Crippen molar-refractivity contribution >= 4 is 29.3 Å². The van der Waals surface area contributed by atoms with Gasteiger partial charge in [-0.2, -0.15) is 0 Å². The van der Waals surface area contributed by atoms with Crippen molar-refractivity contribution in [2.75, 3.05) is 18.5 Å². The first-order valence-corrected chi connectivity index (χ1v) is 11.1. The lowest BCUT2D eigenvalue weighted by atomic mass is 10.0. The molecule has 0 aromatic heterocycles. The highest BCUT2D eigenvalue weighted by atomic mass is 32.2. The number of nitrogens with one attached hydrogen (secondary N) is 2. The molecular weight excluding hydrogens is 415 g/mol. The average molecular weight is 441 g/mol. The largest absolute Gasteiger partial charge is 0.492 e. The zero-order chi connectivity index (χ0) is 22.2. The summed E-state index contributed by atoms with van der Waals surface area (Å²) in [7, 11) is 0. The fraction of sp³-hybridized carbons (Fsp3) is 0.250. The number of carbonyl (C=O) groups excluding carboxylic acids is 2. The van der Waals surface area contributed by atoms with Gasteiger partial charge in [0.2, 0.25) is 0 Å². The molecule has 0 bridgehead atoms. The van der Waals surface area contributed by atoms with Crippen LogP contribution in [-0.2, 0) is 4.79 Å². The fourth-order valence-corrected chi connectivity index (χ4v) is 4.34. The number of thioether (sulfide) groups is 1. The molecule has 1 aliphatic heterocycles. The molecule has 0 radical (unpaired) electrons. The first-order valence-electron chi connectivity index (χ1n) is 10.3. The second-order valence-electron chi connectivity index (χ2n) is 6.62. The van der Waals surface area contributed by atoms with Crippen LogP contribution in [0.15, 0.2) is 71.2 Å². The quantitative estimate of drug-likeness (QED) is 0.645. The summed E-state index contributed by atoms with van der Waals surface area (Å²) >= 11 is 1.62. The van der Waals surface area contributed by atoms with Gasteiger partial charge < -0.3 is 15.4 Å². The first kappa shape index (κ1) is 22.6. The molecule has 2 N–H and O–H groups in total. The molecule has 0 spiro atoms. The Bertz CT molecular complexity index is 1000. The molecule has 1 aliphatic carbocycles. The summed E-state index contributed by atoms with van der Waals surface area (Å²) in [5.74, 6) is -0.172. The summed E-state index contributed by atoms with van der Waals surface area (Å²) < 4.78 is 18.3. The molecule has 162 valence electrons. The smallest absolute Gasteiger partial charge is 0.252 e. The molecule has 0 saturated heterocycles. The van der Waals surface area contributed by atoms with Gasteiger partial charge in [-0.15, -0.1) is 11.8 Å². The van der Waals surface area contributed by atoms with E-state index in [1.165, 1.54) is 24.3 Å². The Morgan fingerprint density at radius 2 is 2.00 bits per heavy atom. The van der Waals surface area contributed by atoms with Crippen LogP contribution in [0.25, 0.3) is 0 Å². The van der Waals surface area contributed by atoms with Crippen LogP contribution in [0.2, 0.25) is 0 Å². The Balaban J connectivity index is 0.00000132. The van der Waals surface area contributed by atoms with Gasteiger partial charge in [-0.25, -0.2) is 4.39 Å². The number of allylic oxidation sites excluding steroid dienone is 3. The SMILES string of the molecule is CC.O=C1Nc2cc(C(=O)NCCOc3ccc(F)cc3)ccc2SC2CC=CC=C12. The number of anilines is 1. The molecule has 0 fully saturated rings. The maximum absolute atomic E-state index is 12.9. The monoisotopic (exact) mass is 440 g/mol. The number of benzene rings is 2. The maximum Gasteiger partial charge on any atom is 0.252 e. The molecule has 2 aromatic carbocycles. The van der Waals surface area contributed by atoms with Gasteiger partial charge in [0.05, 0.1) is 12.2 Å². The number of ether oxygens (including phenoxy) is 1. The minimum Gasteiger partial charge on any atom is -0.492 e. The number of amides is 2. The van der Waals surface area contributed by atoms with E-state index in [4.69, 9.17) is 4.74 Å². The van der Waals surface area contributed by atoms with E-state index in [2.05, 4.69) is 16.7 Å². The van der Waals surface area contributed by atoms with Gasteiger partial charge in [-0.05, 0) is 48.9 Å². The zero-order valence-corrected chi connectivity index (χ0v) is 18.3. The maximum atomic E-state index is 12.9. The Morgan fingerprint density at radius 1 is 1.23 bits per heavy atom. The van der Waals surface area contributed by atoms with Crippen LogP contribution in [-0.4, -0.2) is 30.2 Å². The normalized spacial score (nSPS) is 16.4. The number of carbonyl (C=O) groups is 2. The summed E-state index contributed by atoms with van der Waals surface area (Å²) in [4.78, 5) is 25.9. The summed E-state index contributed by atoms with van der Waals surface area (Å²) in [6.07, 6.45) is 6.60. The van der Waals surface area contributed by atoms with Gasteiger partial charge in [0.25, 0.3) is 11.8 Å². The van der Waals surface area contributed by atoms with Crippen LogP contribution in [0.4, 0.5) is 10.1 Å². The van der Waals surface area contributed by atoms with E-state index in [1.54, 1.807) is 23.9 Å². The highest BCUT2D eigenvalue weighted by Crippen LogP contribution is 2.40. The molecular formula is C24H25FN2O3S. The molecule has 1 heterocycles. The first-order chi connectivity index (χ1) is 15.1. The van der Waals surface area contributed by atoms with E-state index in [-0.39, 0.29) is 29.5 Å². The van der Waals surface area contributed by atoms with Crippen molar-refractivity contribution in [3.05, 3.63) is 77.6 Å². The van der Waals surface area contributed by atoms with Crippen molar-refractivity contribution in [3.63, 3.8) is 0 Å². The summed E-state index contributed by atoms with van der Waals surface area (Å²) in [5.41, 5.74) is 1.85. The minimum absolute atomic E-state index is 0.0875. The summed E-state index contributed by atoms with van der Waals surface area (Å²) in [5, 5.41) is 5.79. The second kappa shape index (κ2) is 10.8. The molecule has 7 heteroatoms. The Morgan fingerprint density at radius 3 is 2.77 bits per heavy atom. The third kappa shape index (κ3) is 5.76. The van der Waals surface area contributed by atoms with Gasteiger partial charge >= 0.3 is 0 Å². The average Bonchev–Trinajstić information content (AvgIpc) is 2.94. The molecule has 2 amide bonds. The van der Waals surface area contributed by atoms with Crippen LogP contribution >= 0.6 is 11.8 Å². The minimum atomic E-state index is -0.328. The van der Waals surface area contributed by atoms with Crippen LogP contribution < -0.4 is 15.4 Å². The van der Waals surface area contributed by atoms with Crippen LogP contribution in [0.5, 0.6) is 5.75 Å². The zero-order valence-electron chi connectivity index (χ0n) is 17.5. The molecule has 1 atom stereocenters. The molecule has 31 heavy (non-hydrogen) atoms. The van der Waals surface area contributed by atoms with E-state index in [9.17, 15) is 14.0 Å². The predicted octanol–water partition coefficient (Wildman–Crippen LogP) is 4.96. The Kier molecular flexibility index (Phi) is 7.89. The van der Waals surface area contributed by atoms with Crippen molar-refractivity contribution < 1.29 is 18.7 Å². The van der Waals surface area contributed by atoms with Crippen molar-refractivity contribution in [2.45, 2.75) is 30.4 Å². The van der Waals surface area contributed by atoms with Gasteiger partial charge in [0, 0.05) is 21.3 Å². The number of halogens is 1. The van der Waals surface area contributed by atoms with Gasteiger partial charge in [0.15, 0.2) is 0 Å². The standard InChI is InChI=1S/C22H19FN2O3S.C2H6/c23-15-6-8-16(9-7-15)28-12-11-24-21(26)14-5-10-20-18(13-14)25-22(27)17-3-1-2-4-19(17)29-20;1-2/h1-3,5-10,13,19H,4,11-12H2,(H,24,26)(H,25,27);1-2H3. The molecule has 2 aliphatic rings. The second-order valence-corrected chi connectivity index (χ2v) is 7.86. The highest BCUT2D eigenvalue weighted by Gasteiger charge is 2.28. The van der Waals surface area contributed by atoms with Crippen molar-refractivity contribution in [1.82, 2.24) is 5.32 Å². The van der Waals surface area contributed by atoms with Crippen LogP contribution in [0.3, 0.4) is 0 Å². The number of fused-ring (bicyclic) bond motifs is 2. The van der Waals surface area contributed by atoms with E-state index in [0.717, 1.165) is 16.9 Å². The highest BCUT2D eigenvalue weighted by molar-refractivity contribution is 8.00. The lowest BCUT2D eigenvalue weighted by Crippen LogP contribution is -2.28. The third-order valence-corrected chi connectivity index (χ3v) is 5.94. The fourth-order valence-electron chi connectivity index (χ4n) is 3.13. The predicted molar refractivity (Wildman–Crippen MR) is 122 cm³/mol. The molecule has 4 rings (SSSR count). The van der Waals surface area contributed by atoms with E-state index in [0.29, 0.717) is 23.5 Å². The van der Waals surface area contributed by atoms with Gasteiger partial charge in [-0.3, -0.25) is 9.59 Å². The Labute approximate surface area is 185 Å².